The zero-order valence-corrected chi connectivity index (χ0v) is 24.2. The maximum absolute atomic E-state index is 12.1. The summed E-state index contributed by atoms with van der Waals surface area (Å²) in [6.45, 7) is 8.77. The lowest BCUT2D eigenvalue weighted by Gasteiger charge is -2.49. The predicted octanol–water partition coefficient (Wildman–Crippen LogP) is 7.41. The minimum absolute atomic E-state index is 0.0118. The largest absolute Gasteiger partial charge is 0.489 e. The number of fused-ring (bicyclic) bond motifs is 1. The number of thioether (sulfide) groups is 1. The first kappa shape index (κ1) is 28.2. The van der Waals surface area contributed by atoms with Crippen LogP contribution in [0.2, 0.25) is 0 Å². The predicted molar refractivity (Wildman–Crippen MR) is 162 cm³/mol. The van der Waals surface area contributed by atoms with Crippen LogP contribution in [0.5, 0.6) is 5.75 Å². The average Bonchev–Trinajstić information content (AvgIpc) is 2.89. The molecule has 1 saturated heterocycles. The minimum Gasteiger partial charge on any atom is -0.489 e. The fourth-order valence-electron chi connectivity index (χ4n) is 6.38. The van der Waals surface area contributed by atoms with Crippen LogP contribution in [0.3, 0.4) is 0 Å². The van der Waals surface area contributed by atoms with Crippen molar-refractivity contribution in [2.45, 2.75) is 68.8 Å². The van der Waals surface area contributed by atoms with E-state index in [1.54, 1.807) is 6.07 Å². The zero-order valence-electron chi connectivity index (χ0n) is 23.3. The van der Waals surface area contributed by atoms with Gasteiger partial charge in [-0.15, -0.1) is 11.8 Å². The summed E-state index contributed by atoms with van der Waals surface area (Å²) in [5, 5.41) is 32.7. The minimum atomic E-state index is -1.08. The van der Waals surface area contributed by atoms with Gasteiger partial charge in [-0.1, -0.05) is 74.5 Å². The number of benzene rings is 4. The first-order valence-corrected chi connectivity index (χ1v) is 14.4. The Labute approximate surface area is 239 Å². The Balaban J connectivity index is 1.45. The van der Waals surface area contributed by atoms with E-state index in [0.717, 1.165) is 33.9 Å². The van der Waals surface area contributed by atoms with Gasteiger partial charge in [0.25, 0.3) is 0 Å². The van der Waals surface area contributed by atoms with E-state index in [1.807, 2.05) is 72.4 Å². The molecule has 0 spiro atoms. The number of carboxylic acid groups (broad SMARTS) is 1. The van der Waals surface area contributed by atoms with Gasteiger partial charge in [0.05, 0.1) is 18.3 Å². The number of aliphatic hydroxyl groups is 2. The normalized spacial score (nSPS) is 19.9. The molecule has 0 saturated carbocycles. The molecule has 1 heterocycles. The van der Waals surface area contributed by atoms with Gasteiger partial charge in [-0.05, 0) is 71.5 Å². The van der Waals surface area contributed by atoms with Crippen molar-refractivity contribution in [2.75, 3.05) is 0 Å². The monoisotopic (exact) mass is 556 g/mol. The lowest BCUT2D eigenvalue weighted by Crippen LogP contribution is -2.46. The van der Waals surface area contributed by atoms with Crippen molar-refractivity contribution in [2.24, 2.45) is 0 Å². The third-order valence-electron chi connectivity index (χ3n) is 7.76. The van der Waals surface area contributed by atoms with Crippen LogP contribution in [-0.2, 0) is 13.2 Å². The Hall–Kier alpha value is -3.32. The number of carbonyl (C=O) groups is 1. The van der Waals surface area contributed by atoms with Crippen LogP contribution in [0.15, 0.2) is 78.9 Å². The second-order valence-electron chi connectivity index (χ2n) is 11.7. The number of hydrogen-bond acceptors (Lipinski definition) is 5. The lowest BCUT2D eigenvalue weighted by atomic mass is 9.79. The molecule has 40 heavy (non-hydrogen) atoms. The number of hydrogen-bond donors (Lipinski definition) is 3. The summed E-state index contributed by atoms with van der Waals surface area (Å²) in [4.78, 5) is 12.1. The second-order valence-corrected chi connectivity index (χ2v) is 14.1. The zero-order chi connectivity index (χ0) is 28.7. The Bertz CT molecular complexity index is 1540. The molecule has 5 rings (SSSR count). The van der Waals surface area contributed by atoms with Crippen LogP contribution in [-0.4, -0.2) is 36.9 Å². The number of ether oxygens (including phenoxy) is 1. The van der Waals surface area contributed by atoms with Crippen molar-refractivity contribution in [3.8, 4) is 16.9 Å². The highest BCUT2D eigenvalue weighted by atomic mass is 32.2. The first-order chi connectivity index (χ1) is 19.0. The maximum Gasteiger partial charge on any atom is 0.336 e. The number of rotatable bonds is 7. The summed E-state index contributed by atoms with van der Waals surface area (Å²) in [5.74, 6) is -0.446. The third-order valence-corrected chi connectivity index (χ3v) is 9.26. The fourth-order valence-corrected chi connectivity index (χ4v) is 8.47. The summed E-state index contributed by atoms with van der Waals surface area (Å²) in [6, 6.07) is 25.1. The van der Waals surface area contributed by atoms with E-state index in [0.29, 0.717) is 23.5 Å². The van der Waals surface area contributed by atoms with Gasteiger partial charge in [-0.25, -0.2) is 4.79 Å². The number of carboxylic acids is 1. The highest BCUT2D eigenvalue weighted by molar-refractivity contribution is 8.02. The molecular formula is C34H36O5S. The number of aromatic carboxylic acids is 1. The van der Waals surface area contributed by atoms with Crippen LogP contribution in [0, 0.1) is 0 Å². The molecule has 208 valence electrons. The molecule has 1 unspecified atom stereocenters. The summed E-state index contributed by atoms with van der Waals surface area (Å²) >= 11 is 1.93. The van der Waals surface area contributed by atoms with Gasteiger partial charge in [0.2, 0.25) is 0 Å². The Kier molecular flexibility index (Phi) is 7.71. The second kappa shape index (κ2) is 10.9. The average molecular weight is 557 g/mol. The molecule has 0 aromatic heterocycles. The van der Waals surface area contributed by atoms with E-state index >= 15 is 0 Å². The summed E-state index contributed by atoms with van der Waals surface area (Å²) < 4.78 is 6.09. The third kappa shape index (κ3) is 5.62. The maximum atomic E-state index is 12.1. The van der Waals surface area contributed by atoms with E-state index in [-0.39, 0.29) is 27.6 Å². The van der Waals surface area contributed by atoms with Crippen LogP contribution in [0.25, 0.3) is 21.9 Å². The molecule has 2 atom stereocenters. The molecule has 0 radical (unpaired) electrons. The Morgan fingerprint density at radius 3 is 2.40 bits per heavy atom. The molecule has 4 aromatic rings. The van der Waals surface area contributed by atoms with Crippen LogP contribution >= 0.6 is 11.8 Å². The highest BCUT2D eigenvalue weighted by Gasteiger charge is 2.46. The molecule has 0 amide bonds. The molecule has 1 aliphatic heterocycles. The van der Waals surface area contributed by atoms with Crippen molar-refractivity contribution in [1.29, 1.82) is 0 Å². The highest BCUT2D eigenvalue weighted by Crippen LogP contribution is 2.54. The Morgan fingerprint density at radius 1 is 0.975 bits per heavy atom. The molecule has 1 aliphatic rings. The topological polar surface area (TPSA) is 87.0 Å². The SMILES string of the molecule is CC1(C)C[C@@H](O)C(c2cccc(COc3ccc4c(-c5ccccc5)c(CO)c(C(=O)O)cc4c3)c2)C(C)(C)S1. The van der Waals surface area contributed by atoms with Crippen molar-refractivity contribution in [3.05, 3.63) is 101 Å². The molecular weight excluding hydrogens is 520 g/mol. The van der Waals surface area contributed by atoms with Gasteiger partial charge in [-0.3, -0.25) is 0 Å². The van der Waals surface area contributed by atoms with Crippen LogP contribution < -0.4 is 4.74 Å². The Morgan fingerprint density at radius 2 is 1.73 bits per heavy atom. The smallest absolute Gasteiger partial charge is 0.336 e. The van der Waals surface area contributed by atoms with Crippen LogP contribution in [0.4, 0.5) is 0 Å². The summed E-state index contributed by atoms with van der Waals surface area (Å²) in [6.07, 6.45) is 0.319. The van der Waals surface area contributed by atoms with Gasteiger partial charge >= 0.3 is 5.97 Å². The van der Waals surface area contributed by atoms with E-state index in [2.05, 4.69) is 39.8 Å². The summed E-state index contributed by atoms with van der Waals surface area (Å²) in [5.41, 5.74) is 4.14. The molecule has 0 aliphatic carbocycles. The van der Waals surface area contributed by atoms with Crippen molar-refractivity contribution in [3.63, 3.8) is 0 Å². The fraction of sp³-hybridized carbons (Fsp3) is 0.324. The van der Waals surface area contributed by atoms with Gasteiger partial charge in [0.1, 0.15) is 12.4 Å². The summed E-state index contributed by atoms with van der Waals surface area (Å²) in [7, 11) is 0. The van der Waals surface area contributed by atoms with Gasteiger partial charge < -0.3 is 20.1 Å². The van der Waals surface area contributed by atoms with Crippen molar-refractivity contribution < 1.29 is 24.9 Å². The van der Waals surface area contributed by atoms with Crippen molar-refractivity contribution >= 4 is 28.5 Å². The van der Waals surface area contributed by atoms with E-state index in [1.165, 1.54) is 0 Å². The van der Waals surface area contributed by atoms with Gasteiger partial charge in [0, 0.05) is 21.0 Å². The van der Waals surface area contributed by atoms with E-state index in [4.69, 9.17) is 4.74 Å². The van der Waals surface area contributed by atoms with E-state index < -0.39 is 12.1 Å². The standard InChI is InChI=1S/C34H36O5S/c1-33(2)18-29(36)31(34(3,4)40-33)23-12-8-9-21(15-23)20-39-25-13-14-26-24(16-25)17-27(32(37)38)28(19-35)30(26)22-10-6-5-7-11-22/h5-17,29,31,35-36H,18-20H2,1-4H3,(H,37,38)/t29-,31?/m1/s1. The number of aliphatic hydroxyl groups excluding tert-OH is 2. The quantitative estimate of drug-likeness (QED) is 0.220. The molecule has 0 bridgehead atoms. The lowest BCUT2D eigenvalue weighted by molar-refractivity contribution is 0.0693. The molecule has 4 aromatic carbocycles. The van der Waals surface area contributed by atoms with Gasteiger partial charge in [0.15, 0.2) is 0 Å². The van der Waals surface area contributed by atoms with Gasteiger partial charge in [-0.2, -0.15) is 0 Å². The van der Waals surface area contributed by atoms with Crippen molar-refractivity contribution in [1.82, 2.24) is 0 Å². The molecule has 5 nitrogen and oxygen atoms in total. The molecule has 1 fully saturated rings. The van der Waals surface area contributed by atoms with Crippen LogP contribution in [0.1, 0.15) is 67.1 Å². The van der Waals surface area contributed by atoms with E-state index in [9.17, 15) is 20.1 Å². The first-order valence-electron chi connectivity index (χ1n) is 13.6. The molecule has 3 N–H and O–H groups in total. The molecule has 6 heteroatoms.